The van der Waals surface area contributed by atoms with Crippen molar-refractivity contribution < 1.29 is 4.74 Å². The second kappa shape index (κ2) is 11.3. The molecule has 1 nitrogen and oxygen atoms in total. The second-order valence-corrected chi connectivity index (χ2v) is 8.12. The summed E-state index contributed by atoms with van der Waals surface area (Å²) in [5.74, 6) is 3.07. The number of hydrogen-bond donors (Lipinski definition) is 0. The lowest BCUT2D eigenvalue weighted by Gasteiger charge is -2.32. The molecular formula is C22H40O. The van der Waals surface area contributed by atoms with Crippen LogP contribution < -0.4 is 0 Å². The molecule has 0 aromatic rings. The molecule has 2 saturated carbocycles. The molecule has 0 bridgehead atoms. The Morgan fingerprint density at radius 2 is 1.30 bits per heavy atom. The summed E-state index contributed by atoms with van der Waals surface area (Å²) in [7, 11) is 0. The third kappa shape index (κ3) is 7.42. The number of rotatable bonds is 9. The summed E-state index contributed by atoms with van der Waals surface area (Å²) in [5.41, 5.74) is 0. The van der Waals surface area contributed by atoms with Crippen molar-refractivity contribution in [3.63, 3.8) is 0 Å². The average molecular weight is 321 g/mol. The molecular weight excluding hydrogens is 280 g/mol. The standard InChI is InChI=1S/C22H40O/c1-3-5-6-7-19-8-10-20(11-9-19)12-13-21-14-16-22(17-15-21)23-18-4-2/h3,5,19-22H,4,6-18H2,1-2H3/b5-3+/t19-,20-,21-,22-. The summed E-state index contributed by atoms with van der Waals surface area (Å²) in [6.45, 7) is 5.31. The molecule has 0 heterocycles. The zero-order valence-electron chi connectivity index (χ0n) is 15.8. The Kier molecular flexibility index (Phi) is 9.34. The molecule has 2 aliphatic rings. The lowest BCUT2D eigenvalue weighted by atomic mass is 9.76. The summed E-state index contributed by atoms with van der Waals surface area (Å²) in [4.78, 5) is 0. The summed E-state index contributed by atoms with van der Waals surface area (Å²) >= 11 is 0. The van der Waals surface area contributed by atoms with Gasteiger partial charge in [0.2, 0.25) is 0 Å². The molecule has 2 rings (SSSR count). The van der Waals surface area contributed by atoms with E-state index < -0.39 is 0 Å². The van der Waals surface area contributed by atoms with Gasteiger partial charge in [0, 0.05) is 6.61 Å². The van der Waals surface area contributed by atoms with Crippen molar-refractivity contribution in [2.45, 2.75) is 103 Å². The largest absolute Gasteiger partial charge is 0.378 e. The molecule has 0 aromatic heterocycles. The van der Waals surface area contributed by atoms with Gasteiger partial charge in [-0.05, 0) is 69.6 Å². The molecule has 0 saturated heterocycles. The summed E-state index contributed by atoms with van der Waals surface area (Å²) < 4.78 is 5.92. The van der Waals surface area contributed by atoms with Crippen LogP contribution in [0.2, 0.25) is 0 Å². The lowest BCUT2D eigenvalue weighted by molar-refractivity contribution is 0.0168. The third-order valence-corrected chi connectivity index (χ3v) is 6.28. The highest BCUT2D eigenvalue weighted by molar-refractivity contribution is 4.81. The average Bonchev–Trinajstić information content (AvgIpc) is 2.60. The van der Waals surface area contributed by atoms with Crippen molar-refractivity contribution in [3.05, 3.63) is 12.2 Å². The van der Waals surface area contributed by atoms with E-state index in [2.05, 4.69) is 26.0 Å². The smallest absolute Gasteiger partial charge is 0.0575 e. The van der Waals surface area contributed by atoms with Crippen molar-refractivity contribution in [1.29, 1.82) is 0 Å². The quantitative estimate of drug-likeness (QED) is 0.419. The van der Waals surface area contributed by atoms with Gasteiger partial charge in [0.15, 0.2) is 0 Å². The molecule has 2 fully saturated rings. The van der Waals surface area contributed by atoms with Gasteiger partial charge in [-0.2, -0.15) is 0 Å². The fourth-order valence-electron chi connectivity index (χ4n) is 4.65. The minimum absolute atomic E-state index is 0.582. The van der Waals surface area contributed by atoms with Crippen molar-refractivity contribution in [1.82, 2.24) is 0 Å². The van der Waals surface area contributed by atoms with Gasteiger partial charge in [-0.1, -0.05) is 57.6 Å². The first-order valence-electron chi connectivity index (χ1n) is 10.5. The van der Waals surface area contributed by atoms with E-state index in [0.717, 1.165) is 30.8 Å². The van der Waals surface area contributed by atoms with Crippen molar-refractivity contribution in [3.8, 4) is 0 Å². The van der Waals surface area contributed by atoms with E-state index in [-0.39, 0.29) is 0 Å². The van der Waals surface area contributed by atoms with Gasteiger partial charge in [0.25, 0.3) is 0 Å². The van der Waals surface area contributed by atoms with Crippen LogP contribution in [0.25, 0.3) is 0 Å². The molecule has 0 radical (unpaired) electrons. The minimum Gasteiger partial charge on any atom is -0.378 e. The van der Waals surface area contributed by atoms with Crippen molar-refractivity contribution in [2.75, 3.05) is 6.61 Å². The zero-order chi connectivity index (χ0) is 16.3. The highest BCUT2D eigenvalue weighted by atomic mass is 16.5. The van der Waals surface area contributed by atoms with Crippen LogP contribution in [0.1, 0.15) is 97.3 Å². The second-order valence-electron chi connectivity index (χ2n) is 8.12. The predicted octanol–water partition coefficient (Wildman–Crippen LogP) is 6.91. The Bertz CT molecular complexity index is 306. The maximum Gasteiger partial charge on any atom is 0.0575 e. The monoisotopic (exact) mass is 320 g/mol. The van der Waals surface area contributed by atoms with Crippen LogP contribution in [0.4, 0.5) is 0 Å². The molecule has 0 N–H and O–H groups in total. The van der Waals surface area contributed by atoms with E-state index in [0.29, 0.717) is 6.10 Å². The van der Waals surface area contributed by atoms with Crippen LogP contribution in [0.5, 0.6) is 0 Å². The highest BCUT2D eigenvalue weighted by Gasteiger charge is 2.24. The third-order valence-electron chi connectivity index (χ3n) is 6.28. The normalized spacial score (nSPS) is 32.4. The maximum atomic E-state index is 5.92. The Morgan fingerprint density at radius 1 is 0.783 bits per heavy atom. The molecule has 0 aliphatic heterocycles. The van der Waals surface area contributed by atoms with Gasteiger partial charge in [-0.25, -0.2) is 0 Å². The molecule has 134 valence electrons. The summed E-state index contributed by atoms with van der Waals surface area (Å²) in [5, 5.41) is 0. The summed E-state index contributed by atoms with van der Waals surface area (Å²) in [6.07, 6.45) is 23.5. The van der Waals surface area contributed by atoms with Crippen molar-refractivity contribution in [2.24, 2.45) is 17.8 Å². The van der Waals surface area contributed by atoms with Gasteiger partial charge in [-0.15, -0.1) is 0 Å². The SMILES string of the molecule is C/C=C/CC[C@H]1CC[C@H](CC[C@H]2CC[C@H](OCCC)CC2)CC1. The minimum atomic E-state index is 0.582. The first-order chi connectivity index (χ1) is 11.3. The molecule has 0 aromatic carbocycles. The Labute approximate surface area is 145 Å². The Morgan fingerprint density at radius 3 is 1.83 bits per heavy atom. The van der Waals surface area contributed by atoms with E-state index in [1.165, 1.54) is 77.0 Å². The molecule has 2 aliphatic carbocycles. The number of hydrogen-bond acceptors (Lipinski definition) is 1. The number of allylic oxidation sites excluding steroid dienone is 2. The van der Waals surface area contributed by atoms with E-state index >= 15 is 0 Å². The van der Waals surface area contributed by atoms with Gasteiger partial charge in [-0.3, -0.25) is 0 Å². The van der Waals surface area contributed by atoms with E-state index in [4.69, 9.17) is 4.74 Å². The first-order valence-corrected chi connectivity index (χ1v) is 10.5. The molecule has 0 spiro atoms. The fourth-order valence-corrected chi connectivity index (χ4v) is 4.65. The zero-order valence-corrected chi connectivity index (χ0v) is 15.8. The van der Waals surface area contributed by atoms with Crippen LogP contribution in [-0.4, -0.2) is 12.7 Å². The predicted molar refractivity (Wildman–Crippen MR) is 101 cm³/mol. The summed E-state index contributed by atoms with van der Waals surface area (Å²) in [6, 6.07) is 0. The topological polar surface area (TPSA) is 9.23 Å². The van der Waals surface area contributed by atoms with E-state index in [9.17, 15) is 0 Å². The van der Waals surface area contributed by atoms with Crippen LogP contribution in [0.3, 0.4) is 0 Å². The van der Waals surface area contributed by atoms with Gasteiger partial charge < -0.3 is 4.74 Å². The Balaban J connectivity index is 1.52. The number of ether oxygens (including phenoxy) is 1. The van der Waals surface area contributed by atoms with Crippen molar-refractivity contribution >= 4 is 0 Å². The first kappa shape index (κ1) is 19.0. The van der Waals surface area contributed by atoms with Gasteiger partial charge >= 0.3 is 0 Å². The van der Waals surface area contributed by atoms with Crippen LogP contribution in [0.15, 0.2) is 12.2 Å². The lowest BCUT2D eigenvalue weighted by Crippen LogP contribution is -2.23. The van der Waals surface area contributed by atoms with Crippen LogP contribution in [-0.2, 0) is 4.74 Å². The van der Waals surface area contributed by atoms with Gasteiger partial charge in [0.1, 0.15) is 0 Å². The maximum absolute atomic E-state index is 5.92. The molecule has 1 heteroatoms. The fraction of sp³-hybridized carbons (Fsp3) is 0.909. The molecule has 0 amide bonds. The van der Waals surface area contributed by atoms with Crippen LogP contribution >= 0.6 is 0 Å². The van der Waals surface area contributed by atoms with Gasteiger partial charge in [0.05, 0.1) is 6.10 Å². The van der Waals surface area contributed by atoms with E-state index in [1.54, 1.807) is 0 Å². The van der Waals surface area contributed by atoms with Crippen LogP contribution in [0, 0.1) is 17.8 Å². The van der Waals surface area contributed by atoms with E-state index in [1.807, 2.05) is 0 Å². The molecule has 0 atom stereocenters. The molecule has 0 unspecified atom stereocenters. The molecule has 23 heavy (non-hydrogen) atoms. The Hall–Kier alpha value is -0.300. The highest BCUT2D eigenvalue weighted by Crippen LogP contribution is 2.37.